The highest BCUT2D eigenvalue weighted by Gasteiger charge is 1.98. The Morgan fingerprint density at radius 1 is 1.29 bits per heavy atom. The van der Waals surface area contributed by atoms with Crippen molar-refractivity contribution in [2.24, 2.45) is 0 Å². The van der Waals surface area contributed by atoms with Gasteiger partial charge < -0.3 is 10.7 Å². The van der Waals surface area contributed by atoms with Crippen LogP contribution in [0.3, 0.4) is 0 Å². The van der Waals surface area contributed by atoms with Crippen molar-refractivity contribution in [2.45, 2.75) is 14.4 Å². The minimum atomic E-state index is -0.0874. The number of aromatic amines is 1. The summed E-state index contributed by atoms with van der Waals surface area (Å²) in [5.41, 5.74) is 7.94. The van der Waals surface area contributed by atoms with Gasteiger partial charge in [0.15, 0.2) is 0 Å². The number of hydrogen-bond acceptors (Lipinski definition) is 2. The molecule has 0 saturated carbocycles. The van der Waals surface area contributed by atoms with E-state index < -0.39 is 0 Å². The third-order valence-corrected chi connectivity index (χ3v) is 2.07. The molecule has 2 rings (SSSR count). The lowest BCUT2D eigenvalue weighted by Crippen LogP contribution is -2.04. The molecule has 3 heteroatoms. The second kappa shape index (κ2) is 3.54. The van der Waals surface area contributed by atoms with Gasteiger partial charge in [-0.05, 0) is 24.6 Å². The Kier molecular flexibility index (Phi) is 2.60. The second-order valence-corrected chi connectivity index (χ2v) is 3.12. The van der Waals surface area contributed by atoms with E-state index in [1.54, 1.807) is 12.1 Å². The van der Waals surface area contributed by atoms with Crippen LogP contribution >= 0.6 is 0 Å². The summed E-state index contributed by atoms with van der Waals surface area (Å²) in [7, 11) is 0. The van der Waals surface area contributed by atoms with Gasteiger partial charge in [0.2, 0.25) is 5.56 Å². The molecule has 14 heavy (non-hydrogen) atoms. The van der Waals surface area contributed by atoms with Gasteiger partial charge in [0.1, 0.15) is 0 Å². The molecule has 0 aliphatic heterocycles. The zero-order valence-electron chi connectivity index (χ0n) is 7.29. The first-order valence-corrected chi connectivity index (χ1v) is 4.06. The fourth-order valence-electron chi connectivity index (χ4n) is 1.45. The topological polar surface area (TPSA) is 58.9 Å². The van der Waals surface area contributed by atoms with Crippen LogP contribution in [0.5, 0.6) is 0 Å². The largest absolute Gasteiger partial charge is 0.399 e. The Bertz CT molecular complexity index is 514. The molecule has 0 bridgehead atoms. The molecule has 1 aromatic heterocycles. The van der Waals surface area contributed by atoms with E-state index in [0.29, 0.717) is 5.69 Å². The normalized spacial score (nSPS) is 9.79. The molecular weight excluding hydrogens is 176 g/mol. The highest BCUT2D eigenvalue weighted by atomic mass is 16.1. The maximum Gasteiger partial charge on any atom is 0.248 e. The van der Waals surface area contributed by atoms with Gasteiger partial charge in [-0.15, -0.1) is 0 Å². The van der Waals surface area contributed by atoms with Crippen molar-refractivity contribution in [3.63, 3.8) is 0 Å². The summed E-state index contributed by atoms with van der Waals surface area (Å²) in [6, 6.07) is 7.09. The Morgan fingerprint density at radius 3 is 2.71 bits per heavy atom. The number of nitrogens with two attached hydrogens (primary N) is 1. The molecular formula is C11H14N2O. The second-order valence-electron chi connectivity index (χ2n) is 3.12. The van der Waals surface area contributed by atoms with Gasteiger partial charge in [0.25, 0.3) is 0 Å². The minimum Gasteiger partial charge on any atom is -0.399 e. The van der Waals surface area contributed by atoms with Crippen LogP contribution in [0.1, 0.15) is 13.0 Å². The lowest BCUT2D eigenvalue weighted by Gasteiger charge is -2.01. The number of nitrogens with one attached hydrogen (secondary N) is 1. The zero-order chi connectivity index (χ0) is 9.42. The fourth-order valence-corrected chi connectivity index (χ4v) is 1.45. The van der Waals surface area contributed by atoms with Gasteiger partial charge in [0, 0.05) is 17.1 Å². The maximum atomic E-state index is 11.1. The molecule has 0 amide bonds. The molecule has 0 aliphatic rings. The van der Waals surface area contributed by atoms with Crippen molar-refractivity contribution < 1.29 is 0 Å². The number of aryl methyl sites for hydroxylation is 1. The van der Waals surface area contributed by atoms with Gasteiger partial charge >= 0.3 is 0 Å². The monoisotopic (exact) mass is 190 g/mol. The molecule has 0 spiro atoms. The Balaban J connectivity index is 0.000000980. The van der Waals surface area contributed by atoms with Crippen LogP contribution in [0.15, 0.2) is 29.1 Å². The number of benzene rings is 1. The quantitative estimate of drug-likeness (QED) is 0.624. The Morgan fingerprint density at radius 2 is 2.00 bits per heavy atom. The lowest BCUT2D eigenvalue weighted by molar-refractivity contribution is 1.28. The summed E-state index contributed by atoms with van der Waals surface area (Å²) in [6.07, 6.45) is 0. The molecule has 0 atom stereocenters. The number of pyridine rings is 1. The van der Waals surface area contributed by atoms with Gasteiger partial charge in [-0.25, -0.2) is 0 Å². The number of hydrogen-bond donors (Lipinski definition) is 2. The van der Waals surface area contributed by atoms with Crippen molar-refractivity contribution >= 4 is 16.6 Å². The van der Waals surface area contributed by atoms with Gasteiger partial charge in [-0.2, -0.15) is 0 Å². The van der Waals surface area contributed by atoms with E-state index in [-0.39, 0.29) is 13.0 Å². The predicted molar refractivity (Wildman–Crippen MR) is 60.4 cm³/mol. The summed E-state index contributed by atoms with van der Waals surface area (Å²) in [6.45, 7) is 1.91. The lowest BCUT2D eigenvalue weighted by atomic mass is 10.1. The maximum absolute atomic E-state index is 11.1. The summed E-state index contributed by atoms with van der Waals surface area (Å²) in [5.74, 6) is 0. The predicted octanol–water partition coefficient (Wildman–Crippen LogP) is 2.05. The molecule has 0 radical (unpaired) electrons. The highest BCUT2D eigenvalue weighted by molar-refractivity contribution is 5.84. The summed E-state index contributed by atoms with van der Waals surface area (Å²) in [5, 5.41) is 1.04. The minimum absolute atomic E-state index is 0. The summed E-state index contributed by atoms with van der Waals surface area (Å²) in [4.78, 5) is 13.9. The molecule has 0 saturated heterocycles. The Hall–Kier alpha value is -1.77. The van der Waals surface area contributed by atoms with E-state index in [1.807, 2.05) is 19.1 Å². The molecule has 3 nitrogen and oxygen atoms in total. The van der Waals surface area contributed by atoms with E-state index >= 15 is 0 Å². The number of anilines is 1. The van der Waals surface area contributed by atoms with Crippen molar-refractivity contribution in [2.75, 3.05) is 5.73 Å². The fraction of sp³-hybridized carbons (Fsp3) is 0.182. The average molecular weight is 190 g/mol. The first kappa shape index (κ1) is 10.3. The van der Waals surface area contributed by atoms with E-state index in [1.165, 1.54) is 0 Å². The van der Waals surface area contributed by atoms with E-state index in [4.69, 9.17) is 5.73 Å². The molecule has 0 fully saturated rings. The smallest absolute Gasteiger partial charge is 0.248 e. The molecule has 0 unspecified atom stereocenters. The van der Waals surface area contributed by atoms with Crippen LogP contribution in [-0.4, -0.2) is 4.98 Å². The SMILES string of the molecule is C.Cc1cc(=O)[nH]c2cc(N)ccc12. The molecule has 0 aliphatic carbocycles. The number of rotatable bonds is 0. The van der Waals surface area contributed by atoms with Crippen molar-refractivity contribution in [1.29, 1.82) is 0 Å². The molecule has 1 heterocycles. The van der Waals surface area contributed by atoms with Crippen molar-refractivity contribution in [3.05, 3.63) is 40.2 Å². The van der Waals surface area contributed by atoms with Crippen LogP contribution in [0.2, 0.25) is 0 Å². The van der Waals surface area contributed by atoms with Crippen LogP contribution in [-0.2, 0) is 0 Å². The van der Waals surface area contributed by atoms with Gasteiger partial charge in [-0.3, -0.25) is 4.79 Å². The molecule has 74 valence electrons. The van der Waals surface area contributed by atoms with Crippen molar-refractivity contribution in [1.82, 2.24) is 4.98 Å². The Labute approximate surface area is 82.6 Å². The van der Waals surface area contributed by atoms with Gasteiger partial charge in [-0.1, -0.05) is 13.5 Å². The standard InChI is InChI=1S/C10H10N2O.CH4/c1-6-4-10(13)12-9-5-7(11)2-3-8(6)9;/h2-5H,11H2,1H3,(H,12,13);1H4. The molecule has 2 aromatic rings. The molecule has 1 aromatic carbocycles. The number of H-pyrrole nitrogens is 1. The summed E-state index contributed by atoms with van der Waals surface area (Å²) >= 11 is 0. The average Bonchev–Trinajstić information content (AvgIpc) is 2.02. The number of nitrogen functional groups attached to an aromatic ring is 1. The third kappa shape index (κ3) is 1.62. The van der Waals surface area contributed by atoms with Crippen LogP contribution in [0.4, 0.5) is 5.69 Å². The summed E-state index contributed by atoms with van der Waals surface area (Å²) < 4.78 is 0. The van der Waals surface area contributed by atoms with E-state index in [9.17, 15) is 4.79 Å². The third-order valence-electron chi connectivity index (χ3n) is 2.07. The highest BCUT2D eigenvalue weighted by Crippen LogP contribution is 2.16. The van der Waals surface area contributed by atoms with Crippen LogP contribution in [0.25, 0.3) is 10.9 Å². The van der Waals surface area contributed by atoms with Crippen molar-refractivity contribution in [3.8, 4) is 0 Å². The zero-order valence-corrected chi connectivity index (χ0v) is 7.29. The number of aromatic nitrogens is 1. The van der Waals surface area contributed by atoms with E-state index in [2.05, 4.69) is 4.98 Å². The first-order chi connectivity index (χ1) is 6.16. The number of fused-ring (bicyclic) bond motifs is 1. The first-order valence-electron chi connectivity index (χ1n) is 4.06. The van der Waals surface area contributed by atoms with E-state index in [0.717, 1.165) is 16.5 Å². The molecule has 3 N–H and O–H groups in total. The van der Waals surface area contributed by atoms with Gasteiger partial charge in [0.05, 0.1) is 5.52 Å². The van der Waals surface area contributed by atoms with Crippen LogP contribution in [0, 0.1) is 6.92 Å². The van der Waals surface area contributed by atoms with Crippen LogP contribution < -0.4 is 11.3 Å².